The molecule has 0 aliphatic carbocycles. The Bertz CT molecular complexity index is 811. The number of nitrogens with one attached hydrogen (secondary N) is 1. The maximum Gasteiger partial charge on any atom is 0.261 e. The second kappa shape index (κ2) is 6.13. The number of amides is 1. The predicted molar refractivity (Wildman–Crippen MR) is 81.5 cm³/mol. The molecule has 0 unspecified atom stereocenters. The summed E-state index contributed by atoms with van der Waals surface area (Å²) >= 11 is 3.22. The molecule has 21 heavy (non-hydrogen) atoms. The van der Waals surface area contributed by atoms with Gasteiger partial charge in [0.25, 0.3) is 15.0 Å². The molecule has 1 N–H and O–H groups in total. The zero-order valence-corrected chi connectivity index (χ0v) is 13.5. The van der Waals surface area contributed by atoms with Gasteiger partial charge in [0, 0.05) is 15.2 Å². The molecule has 0 fully saturated rings. The normalized spacial score (nSPS) is 11.2. The molecule has 0 bridgehead atoms. The van der Waals surface area contributed by atoms with Crippen molar-refractivity contribution in [1.82, 2.24) is 0 Å². The Morgan fingerprint density at radius 3 is 2.43 bits per heavy atom. The van der Waals surface area contributed by atoms with Crippen LogP contribution in [0.1, 0.15) is 10.4 Å². The molecule has 0 heterocycles. The predicted octanol–water partition coefficient (Wildman–Crippen LogP) is 3.77. The van der Waals surface area contributed by atoms with E-state index >= 15 is 0 Å². The third kappa shape index (κ3) is 3.81. The van der Waals surface area contributed by atoms with Crippen LogP contribution in [0.2, 0.25) is 0 Å². The van der Waals surface area contributed by atoms with Crippen molar-refractivity contribution in [2.75, 3.05) is 5.32 Å². The van der Waals surface area contributed by atoms with Crippen molar-refractivity contribution < 1.29 is 17.6 Å². The number of anilines is 1. The monoisotopic (exact) mass is 391 g/mol. The standard InChI is InChI=1S/C13H8BrClFNO3S/c14-10-4-2-1-3-9(10)13(18)17-12-6-5-8(7-11(12)16)21(15,19)20/h1-7H,(H,17,18). The molecule has 110 valence electrons. The average molecular weight is 393 g/mol. The van der Waals surface area contributed by atoms with E-state index in [9.17, 15) is 17.6 Å². The van der Waals surface area contributed by atoms with Crippen LogP contribution in [0.3, 0.4) is 0 Å². The van der Waals surface area contributed by atoms with Gasteiger partial charge in [-0.05, 0) is 46.3 Å². The zero-order chi connectivity index (χ0) is 15.6. The molecule has 0 aliphatic heterocycles. The molecule has 0 saturated heterocycles. The van der Waals surface area contributed by atoms with Crippen molar-refractivity contribution >= 4 is 47.3 Å². The molecule has 2 aromatic rings. The van der Waals surface area contributed by atoms with Crippen LogP contribution in [0.15, 0.2) is 51.8 Å². The molecule has 0 aromatic heterocycles. The highest BCUT2D eigenvalue weighted by molar-refractivity contribution is 9.10. The van der Waals surface area contributed by atoms with Gasteiger partial charge in [-0.2, -0.15) is 0 Å². The van der Waals surface area contributed by atoms with Crippen LogP contribution in [0.25, 0.3) is 0 Å². The molecule has 0 saturated carbocycles. The molecular weight excluding hydrogens is 385 g/mol. The second-order valence-electron chi connectivity index (χ2n) is 4.01. The van der Waals surface area contributed by atoms with Crippen LogP contribution in [0.4, 0.5) is 10.1 Å². The maximum absolute atomic E-state index is 13.8. The van der Waals surface area contributed by atoms with Crippen molar-refractivity contribution in [2.24, 2.45) is 0 Å². The molecule has 1 amide bonds. The minimum atomic E-state index is -4.02. The molecule has 4 nitrogen and oxygen atoms in total. The van der Waals surface area contributed by atoms with Gasteiger partial charge in [-0.1, -0.05) is 12.1 Å². The average Bonchev–Trinajstić information content (AvgIpc) is 2.40. The summed E-state index contributed by atoms with van der Waals surface area (Å²) in [5, 5.41) is 2.36. The summed E-state index contributed by atoms with van der Waals surface area (Å²) in [5.74, 6) is -1.42. The van der Waals surface area contributed by atoms with E-state index in [2.05, 4.69) is 21.2 Å². The van der Waals surface area contributed by atoms with Crippen LogP contribution >= 0.6 is 26.6 Å². The second-order valence-corrected chi connectivity index (χ2v) is 7.43. The van der Waals surface area contributed by atoms with Gasteiger partial charge >= 0.3 is 0 Å². The fourth-order valence-electron chi connectivity index (χ4n) is 1.58. The molecule has 0 radical (unpaired) electrons. The number of benzene rings is 2. The van der Waals surface area contributed by atoms with E-state index in [-0.39, 0.29) is 10.6 Å². The van der Waals surface area contributed by atoms with E-state index < -0.39 is 20.8 Å². The molecule has 2 rings (SSSR count). The lowest BCUT2D eigenvalue weighted by atomic mass is 10.2. The lowest BCUT2D eigenvalue weighted by molar-refractivity contribution is 0.102. The maximum atomic E-state index is 13.8. The van der Waals surface area contributed by atoms with Crippen LogP contribution in [0, 0.1) is 5.82 Å². The third-order valence-corrected chi connectivity index (χ3v) is 4.63. The lowest BCUT2D eigenvalue weighted by Gasteiger charge is -2.08. The smallest absolute Gasteiger partial charge is 0.261 e. The largest absolute Gasteiger partial charge is 0.319 e. The van der Waals surface area contributed by atoms with Crippen LogP contribution in [0.5, 0.6) is 0 Å². The van der Waals surface area contributed by atoms with Gasteiger partial charge in [0.05, 0.1) is 16.1 Å². The molecule has 8 heteroatoms. The van der Waals surface area contributed by atoms with Crippen molar-refractivity contribution in [2.45, 2.75) is 4.90 Å². The first-order chi connectivity index (χ1) is 9.79. The summed E-state index contributed by atoms with van der Waals surface area (Å²) in [6.45, 7) is 0. The number of halogens is 3. The molecular formula is C13H8BrClFNO3S. The van der Waals surface area contributed by atoms with Gasteiger partial charge in [0.15, 0.2) is 0 Å². The van der Waals surface area contributed by atoms with E-state index in [4.69, 9.17) is 10.7 Å². The van der Waals surface area contributed by atoms with E-state index in [0.717, 1.165) is 18.2 Å². The Kier molecular flexibility index (Phi) is 4.65. The summed E-state index contributed by atoms with van der Waals surface area (Å²) in [6.07, 6.45) is 0. The molecule has 0 spiro atoms. The zero-order valence-electron chi connectivity index (χ0n) is 10.3. The van der Waals surface area contributed by atoms with Gasteiger partial charge in [-0.3, -0.25) is 4.79 Å². The Morgan fingerprint density at radius 2 is 1.86 bits per heavy atom. The molecule has 0 atom stereocenters. The topological polar surface area (TPSA) is 63.2 Å². The molecule has 2 aromatic carbocycles. The summed E-state index contributed by atoms with van der Waals surface area (Å²) in [7, 11) is 1.10. The molecule has 0 aliphatic rings. The summed E-state index contributed by atoms with van der Waals surface area (Å²) in [5.41, 5.74) is 0.186. The van der Waals surface area contributed by atoms with Crippen LogP contribution < -0.4 is 5.32 Å². The number of carbonyl (C=O) groups is 1. The summed E-state index contributed by atoms with van der Waals surface area (Å²) in [6, 6.07) is 9.64. The first-order valence-electron chi connectivity index (χ1n) is 5.59. The lowest BCUT2D eigenvalue weighted by Crippen LogP contribution is -2.13. The van der Waals surface area contributed by atoms with Crippen molar-refractivity contribution in [3.63, 3.8) is 0 Å². The van der Waals surface area contributed by atoms with E-state index in [1.807, 2.05) is 0 Å². The Labute approximate surface area is 133 Å². The Hall–Kier alpha value is -1.44. The summed E-state index contributed by atoms with van der Waals surface area (Å²) < 4.78 is 36.5. The van der Waals surface area contributed by atoms with Gasteiger partial charge in [0.2, 0.25) is 0 Å². The number of carbonyl (C=O) groups excluding carboxylic acids is 1. The highest BCUT2D eigenvalue weighted by Gasteiger charge is 2.16. The van der Waals surface area contributed by atoms with Crippen molar-refractivity contribution in [3.8, 4) is 0 Å². The minimum Gasteiger partial charge on any atom is -0.319 e. The van der Waals surface area contributed by atoms with Crippen LogP contribution in [-0.4, -0.2) is 14.3 Å². The Morgan fingerprint density at radius 1 is 1.19 bits per heavy atom. The van der Waals surface area contributed by atoms with E-state index in [1.54, 1.807) is 24.3 Å². The first kappa shape index (κ1) is 15.9. The summed E-state index contributed by atoms with van der Waals surface area (Å²) in [4.78, 5) is 11.6. The highest BCUT2D eigenvalue weighted by Crippen LogP contribution is 2.23. The Balaban J connectivity index is 2.29. The fraction of sp³-hybridized carbons (Fsp3) is 0. The van der Waals surface area contributed by atoms with E-state index in [1.165, 1.54) is 0 Å². The number of hydrogen-bond acceptors (Lipinski definition) is 3. The van der Waals surface area contributed by atoms with Crippen molar-refractivity contribution in [3.05, 3.63) is 58.3 Å². The quantitative estimate of drug-likeness (QED) is 0.809. The third-order valence-electron chi connectivity index (χ3n) is 2.59. The number of hydrogen-bond donors (Lipinski definition) is 1. The first-order valence-corrected chi connectivity index (χ1v) is 8.69. The van der Waals surface area contributed by atoms with Gasteiger partial charge in [-0.25, -0.2) is 12.8 Å². The van der Waals surface area contributed by atoms with Gasteiger partial charge < -0.3 is 5.32 Å². The highest BCUT2D eigenvalue weighted by atomic mass is 79.9. The van der Waals surface area contributed by atoms with Gasteiger partial charge in [0.1, 0.15) is 5.82 Å². The van der Waals surface area contributed by atoms with Crippen molar-refractivity contribution in [1.29, 1.82) is 0 Å². The number of rotatable bonds is 3. The SMILES string of the molecule is O=C(Nc1ccc(S(=O)(=O)Cl)cc1F)c1ccccc1Br. The minimum absolute atomic E-state index is 0.139. The fourth-order valence-corrected chi connectivity index (χ4v) is 2.81. The van der Waals surface area contributed by atoms with Crippen LogP contribution in [-0.2, 0) is 9.05 Å². The van der Waals surface area contributed by atoms with Gasteiger partial charge in [-0.15, -0.1) is 0 Å². The van der Waals surface area contributed by atoms with E-state index in [0.29, 0.717) is 10.0 Å².